The molecule has 0 aliphatic rings. The van der Waals surface area contributed by atoms with Gasteiger partial charge >= 0.3 is 0 Å². The molecule has 1 unspecified atom stereocenters. The van der Waals surface area contributed by atoms with E-state index >= 15 is 0 Å². The smallest absolute Gasteiger partial charge is 0.124 e. The fraction of sp³-hybridized carbons (Fsp3) is 0.455. The molecule has 0 bridgehead atoms. The van der Waals surface area contributed by atoms with Crippen LogP contribution in [0.1, 0.15) is 12.5 Å². The molecule has 1 aromatic rings. The van der Waals surface area contributed by atoms with Gasteiger partial charge in [-0.25, -0.2) is 4.39 Å². The number of hydrogen-bond acceptors (Lipinski definition) is 2. The van der Waals surface area contributed by atoms with E-state index in [-0.39, 0.29) is 18.3 Å². The first-order valence-electron chi connectivity index (χ1n) is 4.88. The van der Waals surface area contributed by atoms with Gasteiger partial charge in [-0.2, -0.15) is 0 Å². The number of benzene rings is 1. The molecule has 4 heteroatoms. The van der Waals surface area contributed by atoms with Gasteiger partial charge in [-0.1, -0.05) is 22.9 Å². The van der Waals surface area contributed by atoms with Crippen LogP contribution < -0.4 is 5.32 Å². The van der Waals surface area contributed by atoms with Crippen LogP contribution in [0, 0.1) is 11.7 Å². The summed E-state index contributed by atoms with van der Waals surface area (Å²) in [5.74, 6) is -0.0154. The van der Waals surface area contributed by atoms with Crippen LogP contribution in [0.4, 0.5) is 4.39 Å². The van der Waals surface area contributed by atoms with E-state index in [4.69, 9.17) is 5.11 Å². The largest absolute Gasteiger partial charge is 0.396 e. The topological polar surface area (TPSA) is 32.3 Å². The molecular weight excluding hydrogens is 261 g/mol. The first-order chi connectivity index (χ1) is 7.11. The van der Waals surface area contributed by atoms with Crippen LogP contribution in [-0.4, -0.2) is 18.3 Å². The van der Waals surface area contributed by atoms with E-state index in [0.29, 0.717) is 6.54 Å². The Morgan fingerprint density at radius 3 is 2.80 bits per heavy atom. The summed E-state index contributed by atoms with van der Waals surface area (Å²) in [6.45, 7) is 3.46. The molecule has 84 valence electrons. The zero-order valence-corrected chi connectivity index (χ0v) is 10.2. The molecule has 0 fully saturated rings. The third kappa shape index (κ3) is 4.73. The fourth-order valence-electron chi connectivity index (χ4n) is 1.24. The Morgan fingerprint density at radius 1 is 1.47 bits per heavy atom. The number of aliphatic hydroxyl groups excluding tert-OH is 1. The van der Waals surface area contributed by atoms with Crippen molar-refractivity contribution in [1.82, 2.24) is 5.32 Å². The second-order valence-corrected chi connectivity index (χ2v) is 4.61. The van der Waals surface area contributed by atoms with Crippen LogP contribution in [-0.2, 0) is 6.54 Å². The van der Waals surface area contributed by atoms with Gasteiger partial charge in [0.1, 0.15) is 5.82 Å². The van der Waals surface area contributed by atoms with Crippen LogP contribution in [0.2, 0.25) is 0 Å². The predicted molar refractivity (Wildman–Crippen MR) is 62.1 cm³/mol. The Balaban J connectivity index is 2.43. The van der Waals surface area contributed by atoms with Crippen LogP contribution in [0.5, 0.6) is 0 Å². The van der Waals surface area contributed by atoms with Crippen LogP contribution in [0.3, 0.4) is 0 Å². The Hall–Kier alpha value is -0.450. The van der Waals surface area contributed by atoms with E-state index < -0.39 is 0 Å². The molecule has 0 heterocycles. The van der Waals surface area contributed by atoms with E-state index in [1.54, 1.807) is 0 Å². The Kier molecular flexibility index (Phi) is 5.22. The fourth-order valence-corrected chi connectivity index (χ4v) is 1.75. The van der Waals surface area contributed by atoms with Gasteiger partial charge in [-0.15, -0.1) is 0 Å². The highest BCUT2D eigenvalue weighted by molar-refractivity contribution is 9.10. The summed E-state index contributed by atoms with van der Waals surface area (Å²) < 4.78 is 13.7. The summed E-state index contributed by atoms with van der Waals surface area (Å²) in [4.78, 5) is 0. The maximum absolute atomic E-state index is 13.0. The molecule has 1 rings (SSSR count). The van der Waals surface area contributed by atoms with Crippen LogP contribution >= 0.6 is 15.9 Å². The molecule has 0 amide bonds. The molecule has 0 saturated heterocycles. The van der Waals surface area contributed by atoms with Gasteiger partial charge in [0.15, 0.2) is 0 Å². The highest BCUT2D eigenvalue weighted by Crippen LogP contribution is 2.14. The summed E-state index contributed by atoms with van der Waals surface area (Å²) in [5.41, 5.74) is 0.895. The normalized spacial score (nSPS) is 12.8. The Bertz CT molecular complexity index is 299. The van der Waals surface area contributed by atoms with E-state index in [0.717, 1.165) is 16.6 Å². The number of aliphatic hydroxyl groups is 1. The minimum absolute atomic E-state index is 0.167. The maximum Gasteiger partial charge on any atom is 0.124 e. The molecule has 1 aromatic carbocycles. The van der Waals surface area contributed by atoms with Crippen molar-refractivity contribution in [3.05, 3.63) is 34.1 Å². The Labute approximate surface area is 97.6 Å². The van der Waals surface area contributed by atoms with Crippen molar-refractivity contribution in [3.8, 4) is 0 Å². The lowest BCUT2D eigenvalue weighted by molar-refractivity contribution is 0.233. The quantitative estimate of drug-likeness (QED) is 0.865. The lowest BCUT2D eigenvalue weighted by Crippen LogP contribution is -2.22. The van der Waals surface area contributed by atoms with Crippen molar-refractivity contribution in [2.24, 2.45) is 5.92 Å². The average molecular weight is 276 g/mol. The van der Waals surface area contributed by atoms with Gasteiger partial charge in [0, 0.05) is 24.2 Å². The molecule has 0 aliphatic heterocycles. The first-order valence-corrected chi connectivity index (χ1v) is 5.67. The standard InChI is InChI=1S/C11H15BrFNO/c1-8(7-15)5-14-6-9-2-10(12)4-11(13)3-9/h2-4,8,14-15H,5-7H2,1H3. The van der Waals surface area contributed by atoms with Gasteiger partial charge in [0.2, 0.25) is 0 Å². The first kappa shape index (κ1) is 12.6. The van der Waals surface area contributed by atoms with Gasteiger partial charge in [0.25, 0.3) is 0 Å². The van der Waals surface area contributed by atoms with Crippen molar-refractivity contribution in [3.63, 3.8) is 0 Å². The average Bonchev–Trinajstić information content (AvgIpc) is 2.16. The van der Waals surface area contributed by atoms with Crippen molar-refractivity contribution in [1.29, 1.82) is 0 Å². The van der Waals surface area contributed by atoms with Crippen molar-refractivity contribution in [2.75, 3.05) is 13.2 Å². The Morgan fingerprint density at radius 2 is 2.20 bits per heavy atom. The zero-order valence-electron chi connectivity index (χ0n) is 8.63. The zero-order chi connectivity index (χ0) is 11.3. The third-order valence-electron chi connectivity index (χ3n) is 2.06. The molecular formula is C11H15BrFNO. The van der Waals surface area contributed by atoms with E-state index in [1.165, 1.54) is 12.1 Å². The molecule has 0 saturated carbocycles. The summed E-state index contributed by atoms with van der Waals surface area (Å²) in [6.07, 6.45) is 0. The molecule has 2 nitrogen and oxygen atoms in total. The minimum atomic E-state index is -0.239. The van der Waals surface area contributed by atoms with E-state index in [2.05, 4.69) is 21.2 Å². The summed E-state index contributed by atoms with van der Waals surface area (Å²) in [7, 11) is 0. The maximum atomic E-state index is 13.0. The molecule has 15 heavy (non-hydrogen) atoms. The van der Waals surface area contributed by atoms with Crippen LogP contribution in [0.15, 0.2) is 22.7 Å². The lowest BCUT2D eigenvalue weighted by Gasteiger charge is -2.09. The summed E-state index contributed by atoms with van der Waals surface area (Å²) >= 11 is 3.24. The molecule has 0 aliphatic carbocycles. The number of halogens is 2. The van der Waals surface area contributed by atoms with Gasteiger partial charge < -0.3 is 10.4 Å². The number of rotatable bonds is 5. The van der Waals surface area contributed by atoms with Crippen LogP contribution in [0.25, 0.3) is 0 Å². The summed E-state index contributed by atoms with van der Waals surface area (Å²) in [5, 5.41) is 12.0. The molecule has 1 atom stereocenters. The van der Waals surface area contributed by atoms with E-state index in [9.17, 15) is 4.39 Å². The SMILES string of the molecule is CC(CO)CNCc1cc(F)cc(Br)c1. The highest BCUT2D eigenvalue weighted by Gasteiger charge is 2.01. The number of nitrogens with one attached hydrogen (secondary N) is 1. The second kappa shape index (κ2) is 6.20. The minimum Gasteiger partial charge on any atom is -0.396 e. The molecule has 2 N–H and O–H groups in total. The third-order valence-corrected chi connectivity index (χ3v) is 2.51. The molecule has 0 spiro atoms. The predicted octanol–water partition coefficient (Wildman–Crippen LogP) is 2.31. The van der Waals surface area contributed by atoms with Gasteiger partial charge in [-0.05, 0) is 29.7 Å². The molecule has 0 aromatic heterocycles. The van der Waals surface area contributed by atoms with Crippen molar-refractivity contribution in [2.45, 2.75) is 13.5 Å². The second-order valence-electron chi connectivity index (χ2n) is 3.70. The molecule has 0 radical (unpaired) electrons. The lowest BCUT2D eigenvalue weighted by atomic mass is 10.2. The monoisotopic (exact) mass is 275 g/mol. The van der Waals surface area contributed by atoms with Crippen molar-refractivity contribution < 1.29 is 9.50 Å². The van der Waals surface area contributed by atoms with Crippen molar-refractivity contribution >= 4 is 15.9 Å². The number of hydrogen-bond donors (Lipinski definition) is 2. The van der Waals surface area contributed by atoms with Gasteiger partial charge in [-0.3, -0.25) is 0 Å². The van der Waals surface area contributed by atoms with E-state index in [1.807, 2.05) is 13.0 Å². The summed E-state index contributed by atoms with van der Waals surface area (Å²) in [6, 6.07) is 4.81. The van der Waals surface area contributed by atoms with Gasteiger partial charge in [0.05, 0.1) is 0 Å². The highest BCUT2D eigenvalue weighted by atomic mass is 79.9.